The van der Waals surface area contributed by atoms with Gasteiger partial charge in [0.05, 0.1) is 6.61 Å². The van der Waals surface area contributed by atoms with Gasteiger partial charge in [-0.15, -0.1) is 0 Å². The highest BCUT2D eigenvalue weighted by atomic mass is 79.9. The van der Waals surface area contributed by atoms with Crippen LogP contribution in [0, 0.1) is 0 Å². The predicted octanol–water partition coefficient (Wildman–Crippen LogP) is 1.56. The molecule has 0 radical (unpaired) electrons. The van der Waals surface area contributed by atoms with Gasteiger partial charge in [0.1, 0.15) is 6.79 Å². The molecule has 9 heavy (non-hydrogen) atoms. The molecule has 0 amide bonds. The molecular formula is C6H11BrO2. The minimum atomic E-state index is 0.368. The summed E-state index contributed by atoms with van der Waals surface area (Å²) in [7, 11) is 1.61. The first-order chi connectivity index (χ1) is 4.41. The summed E-state index contributed by atoms with van der Waals surface area (Å²) in [5.41, 5.74) is 0. The predicted molar refractivity (Wildman–Crippen MR) is 40.8 cm³/mol. The fourth-order valence-corrected chi connectivity index (χ4v) is 0.595. The molecule has 54 valence electrons. The molecule has 0 aliphatic rings. The number of allylic oxidation sites excluding steroid dienone is 1. The molecule has 0 aromatic rings. The number of ether oxygens (including phenoxy) is 2. The molecule has 0 fully saturated rings. The van der Waals surface area contributed by atoms with Gasteiger partial charge in [0.2, 0.25) is 0 Å². The van der Waals surface area contributed by atoms with Crippen LogP contribution in [-0.4, -0.2) is 25.8 Å². The molecule has 0 aliphatic heterocycles. The Morgan fingerprint density at radius 3 is 2.78 bits per heavy atom. The number of halogens is 1. The van der Waals surface area contributed by atoms with Crippen LogP contribution in [0.3, 0.4) is 0 Å². The lowest BCUT2D eigenvalue weighted by atomic mass is 10.6. The van der Waals surface area contributed by atoms with Crippen LogP contribution in [-0.2, 0) is 9.47 Å². The number of rotatable bonds is 5. The molecule has 0 atom stereocenters. The van der Waals surface area contributed by atoms with Crippen LogP contribution < -0.4 is 0 Å². The summed E-state index contributed by atoms with van der Waals surface area (Å²) < 4.78 is 9.61. The van der Waals surface area contributed by atoms with Gasteiger partial charge in [-0.05, 0) is 0 Å². The van der Waals surface area contributed by atoms with Gasteiger partial charge in [0.25, 0.3) is 0 Å². The van der Waals surface area contributed by atoms with Crippen molar-refractivity contribution in [3.05, 3.63) is 12.2 Å². The normalized spacial score (nSPS) is 10.9. The van der Waals surface area contributed by atoms with E-state index in [0.717, 1.165) is 5.33 Å². The summed E-state index contributed by atoms with van der Waals surface area (Å²) in [5.74, 6) is 0. The largest absolute Gasteiger partial charge is 0.359 e. The second-order valence-electron chi connectivity index (χ2n) is 1.40. The Labute approximate surface area is 64.0 Å². The zero-order valence-corrected chi connectivity index (χ0v) is 7.06. The third kappa shape index (κ3) is 8.14. The number of methoxy groups -OCH3 is 1. The van der Waals surface area contributed by atoms with Crippen molar-refractivity contribution in [2.24, 2.45) is 0 Å². The summed E-state index contributed by atoms with van der Waals surface area (Å²) in [5, 5.41) is 0.878. The molecule has 0 bridgehead atoms. The van der Waals surface area contributed by atoms with Gasteiger partial charge in [-0.1, -0.05) is 28.1 Å². The maximum Gasteiger partial charge on any atom is 0.146 e. The summed E-state index contributed by atoms with van der Waals surface area (Å²) in [6.45, 7) is 0.992. The fourth-order valence-electron chi connectivity index (χ4n) is 0.331. The van der Waals surface area contributed by atoms with E-state index in [-0.39, 0.29) is 0 Å². The molecule has 0 aromatic carbocycles. The van der Waals surface area contributed by atoms with Crippen molar-refractivity contribution in [2.75, 3.05) is 25.8 Å². The Balaban J connectivity index is 2.82. The molecule has 0 heterocycles. The van der Waals surface area contributed by atoms with Crippen molar-refractivity contribution in [3.8, 4) is 0 Å². The van der Waals surface area contributed by atoms with Crippen molar-refractivity contribution in [3.63, 3.8) is 0 Å². The van der Waals surface area contributed by atoms with E-state index < -0.39 is 0 Å². The zero-order chi connectivity index (χ0) is 6.95. The van der Waals surface area contributed by atoms with E-state index >= 15 is 0 Å². The van der Waals surface area contributed by atoms with Crippen LogP contribution in [0.1, 0.15) is 0 Å². The lowest BCUT2D eigenvalue weighted by Crippen LogP contribution is -1.95. The minimum Gasteiger partial charge on any atom is -0.359 e. The van der Waals surface area contributed by atoms with Gasteiger partial charge >= 0.3 is 0 Å². The van der Waals surface area contributed by atoms with Crippen LogP contribution in [0.15, 0.2) is 12.2 Å². The van der Waals surface area contributed by atoms with Gasteiger partial charge in [-0.3, -0.25) is 0 Å². The Hall–Kier alpha value is 0.140. The van der Waals surface area contributed by atoms with Crippen molar-refractivity contribution in [1.29, 1.82) is 0 Å². The summed E-state index contributed by atoms with van der Waals surface area (Å²) in [6.07, 6.45) is 3.92. The van der Waals surface area contributed by atoms with Gasteiger partial charge in [0.15, 0.2) is 0 Å². The van der Waals surface area contributed by atoms with E-state index in [4.69, 9.17) is 4.74 Å². The quantitative estimate of drug-likeness (QED) is 0.287. The second kappa shape index (κ2) is 8.14. The van der Waals surface area contributed by atoms with Crippen molar-refractivity contribution in [2.45, 2.75) is 0 Å². The minimum absolute atomic E-state index is 0.368. The molecule has 0 N–H and O–H groups in total. The first-order valence-electron chi connectivity index (χ1n) is 2.69. The second-order valence-corrected chi connectivity index (χ2v) is 2.05. The lowest BCUT2D eigenvalue weighted by molar-refractivity contribution is -0.0186. The van der Waals surface area contributed by atoms with Gasteiger partial charge in [-0.25, -0.2) is 0 Å². The van der Waals surface area contributed by atoms with Crippen LogP contribution >= 0.6 is 15.9 Å². The molecule has 0 unspecified atom stereocenters. The van der Waals surface area contributed by atoms with Crippen LogP contribution in [0.2, 0.25) is 0 Å². The Kier molecular flexibility index (Phi) is 8.27. The Morgan fingerprint density at radius 2 is 2.22 bits per heavy atom. The van der Waals surface area contributed by atoms with E-state index in [9.17, 15) is 0 Å². The van der Waals surface area contributed by atoms with E-state index in [0.29, 0.717) is 13.4 Å². The third-order valence-corrected chi connectivity index (χ3v) is 1.04. The molecule has 0 aliphatic carbocycles. The molecule has 0 saturated carbocycles. The summed E-state index contributed by atoms with van der Waals surface area (Å²) in [4.78, 5) is 0. The molecule has 0 rings (SSSR count). The maximum absolute atomic E-state index is 4.96. The molecular weight excluding hydrogens is 184 g/mol. The maximum atomic E-state index is 4.96. The summed E-state index contributed by atoms with van der Waals surface area (Å²) >= 11 is 3.24. The lowest BCUT2D eigenvalue weighted by Gasteiger charge is -1.95. The average Bonchev–Trinajstić information content (AvgIpc) is 1.89. The summed E-state index contributed by atoms with van der Waals surface area (Å²) in [6, 6.07) is 0. The van der Waals surface area contributed by atoms with E-state index in [2.05, 4.69) is 20.7 Å². The van der Waals surface area contributed by atoms with Crippen LogP contribution in [0.25, 0.3) is 0 Å². The van der Waals surface area contributed by atoms with Gasteiger partial charge in [-0.2, -0.15) is 0 Å². The number of hydrogen-bond donors (Lipinski definition) is 0. The Bertz CT molecular complexity index is 73.5. The first kappa shape index (κ1) is 9.14. The van der Waals surface area contributed by atoms with E-state index in [1.807, 2.05) is 12.2 Å². The van der Waals surface area contributed by atoms with E-state index in [1.54, 1.807) is 7.11 Å². The third-order valence-electron chi connectivity index (χ3n) is 0.671. The Morgan fingerprint density at radius 1 is 1.44 bits per heavy atom. The number of hydrogen-bond acceptors (Lipinski definition) is 2. The fraction of sp³-hybridized carbons (Fsp3) is 0.667. The standard InChI is InChI=1S/C6H11BrO2/c1-8-6-9-5-3-2-4-7/h2-3H,4-6H2,1H3/b3-2+. The van der Waals surface area contributed by atoms with E-state index in [1.165, 1.54) is 0 Å². The molecule has 3 heteroatoms. The SMILES string of the molecule is COCOC/C=C/CBr. The average molecular weight is 195 g/mol. The topological polar surface area (TPSA) is 18.5 Å². The highest BCUT2D eigenvalue weighted by Crippen LogP contribution is 1.82. The highest BCUT2D eigenvalue weighted by Gasteiger charge is 1.76. The zero-order valence-electron chi connectivity index (χ0n) is 5.47. The van der Waals surface area contributed by atoms with Gasteiger partial charge in [0, 0.05) is 12.4 Å². The molecule has 0 aromatic heterocycles. The van der Waals surface area contributed by atoms with Crippen LogP contribution in [0.4, 0.5) is 0 Å². The first-order valence-corrected chi connectivity index (χ1v) is 3.81. The van der Waals surface area contributed by atoms with Crippen molar-refractivity contribution >= 4 is 15.9 Å². The molecule has 2 nitrogen and oxygen atoms in total. The van der Waals surface area contributed by atoms with Gasteiger partial charge < -0.3 is 9.47 Å². The highest BCUT2D eigenvalue weighted by molar-refractivity contribution is 9.09. The van der Waals surface area contributed by atoms with Crippen molar-refractivity contribution < 1.29 is 9.47 Å². The molecule has 0 saturated heterocycles. The monoisotopic (exact) mass is 194 g/mol. The smallest absolute Gasteiger partial charge is 0.146 e. The van der Waals surface area contributed by atoms with Crippen LogP contribution in [0.5, 0.6) is 0 Å². The molecule has 0 spiro atoms. The number of alkyl halides is 1. The van der Waals surface area contributed by atoms with Crippen molar-refractivity contribution in [1.82, 2.24) is 0 Å².